The first-order valence-electron chi connectivity index (χ1n) is 5.29. The number of nitrogens with two attached hydrogens (primary N) is 1. The van der Waals surface area contributed by atoms with Crippen molar-refractivity contribution in [2.45, 2.75) is 11.4 Å². The Hall–Kier alpha value is -1.58. The maximum Gasteiger partial charge on any atom is 0.263 e. The van der Waals surface area contributed by atoms with Gasteiger partial charge in [0.25, 0.3) is 10.0 Å². The molecule has 9 heteroatoms. The number of rotatable bonds is 4. The van der Waals surface area contributed by atoms with Crippen LogP contribution in [0.5, 0.6) is 0 Å². The zero-order chi connectivity index (χ0) is 14.9. The maximum atomic E-state index is 13.4. The molecule has 3 N–H and O–H groups in total. The predicted molar refractivity (Wildman–Crippen MR) is 69.3 cm³/mol. The summed E-state index contributed by atoms with van der Waals surface area (Å²) in [5, 5.41) is 1.51. The van der Waals surface area contributed by atoms with Crippen LogP contribution in [0.25, 0.3) is 0 Å². The topological polar surface area (TPSA) is 72.2 Å². The van der Waals surface area contributed by atoms with Gasteiger partial charge in [-0.15, -0.1) is 11.3 Å². The summed E-state index contributed by atoms with van der Waals surface area (Å²) in [6.07, 6.45) is 0. The lowest BCUT2D eigenvalue weighted by Gasteiger charge is -2.09. The highest BCUT2D eigenvalue weighted by atomic mass is 32.2. The van der Waals surface area contributed by atoms with Crippen molar-refractivity contribution in [2.75, 3.05) is 4.72 Å². The van der Waals surface area contributed by atoms with Crippen LogP contribution in [0.1, 0.15) is 4.88 Å². The number of anilines is 1. The molecule has 0 amide bonds. The zero-order valence-electron chi connectivity index (χ0n) is 9.86. The van der Waals surface area contributed by atoms with Gasteiger partial charge in [-0.3, -0.25) is 4.72 Å². The lowest BCUT2D eigenvalue weighted by atomic mass is 10.3. The Labute approximate surface area is 117 Å². The van der Waals surface area contributed by atoms with Crippen LogP contribution in [0.15, 0.2) is 28.5 Å². The average molecular weight is 322 g/mol. The first-order chi connectivity index (χ1) is 9.35. The molecule has 1 heterocycles. The van der Waals surface area contributed by atoms with E-state index in [-0.39, 0.29) is 17.5 Å². The van der Waals surface area contributed by atoms with E-state index in [0.717, 1.165) is 11.3 Å². The summed E-state index contributed by atoms with van der Waals surface area (Å²) in [5.74, 6) is -3.96. The molecule has 20 heavy (non-hydrogen) atoms. The van der Waals surface area contributed by atoms with E-state index in [0.29, 0.717) is 10.9 Å². The highest BCUT2D eigenvalue weighted by Gasteiger charge is 2.21. The van der Waals surface area contributed by atoms with Gasteiger partial charge in [-0.1, -0.05) is 0 Å². The fourth-order valence-corrected chi connectivity index (χ4v) is 3.91. The molecule has 0 unspecified atom stereocenters. The van der Waals surface area contributed by atoms with Gasteiger partial charge in [0.1, 0.15) is 10.7 Å². The van der Waals surface area contributed by atoms with Crippen LogP contribution < -0.4 is 10.5 Å². The summed E-state index contributed by atoms with van der Waals surface area (Å²) >= 11 is 1.12. The first kappa shape index (κ1) is 14.8. The second-order valence-electron chi connectivity index (χ2n) is 3.76. The molecule has 2 aromatic rings. The maximum absolute atomic E-state index is 13.4. The molecule has 0 aliphatic rings. The van der Waals surface area contributed by atoms with E-state index in [1.54, 1.807) is 0 Å². The number of halogens is 3. The molecule has 0 radical (unpaired) electrons. The molecule has 4 nitrogen and oxygen atoms in total. The first-order valence-corrected chi connectivity index (χ1v) is 7.65. The van der Waals surface area contributed by atoms with E-state index in [4.69, 9.17) is 5.73 Å². The van der Waals surface area contributed by atoms with Gasteiger partial charge < -0.3 is 5.73 Å². The van der Waals surface area contributed by atoms with Crippen LogP contribution in [-0.4, -0.2) is 8.42 Å². The van der Waals surface area contributed by atoms with Crippen LogP contribution in [0.4, 0.5) is 18.9 Å². The average Bonchev–Trinajstić information content (AvgIpc) is 2.84. The molecule has 0 fully saturated rings. The van der Waals surface area contributed by atoms with Crippen LogP contribution in [0.3, 0.4) is 0 Å². The molecule has 0 saturated heterocycles. The second kappa shape index (κ2) is 5.43. The molecule has 0 aliphatic heterocycles. The van der Waals surface area contributed by atoms with Crippen molar-refractivity contribution < 1.29 is 21.6 Å². The van der Waals surface area contributed by atoms with Crippen molar-refractivity contribution in [2.24, 2.45) is 5.73 Å². The minimum atomic E-state index is -4.11. The molecule has 0 bridgehead atoms. The second-order valence-corrected chi connectivity index (χ2v) is 6.42. The third kappa shape index (κ3) is 2.79. The Morgan fingerprint density at radius 1 is 1.15 bits per heavy atom. The third-order valence-electron chi connectivity index (χ3n) is 2.43. The van der Waals surface area contributed by atoms with Gasteiger partial charge in [0, 0.05) is 23.6 Å². The van der Waals surface area contributed by atoms with E-state index >= 15 is 0 Å². The van der Waals surface area contributed by atoms with Crippen molar-refractivity contribution in [1.82, 2.24) is 0 Å². The summed E-state index contributed by atoms with van der Waals surface area (Å²) in [7, 11) is -4.11. The Bertz CT molecular complexity index is 744. The SMILES string of the molecule is NCc1sccc1S(=O)(=O)Nc1cc(F)c(F)cc1F. The van der Waals surface area contributed by atoms with Gasteiger partial charge in [0.2, 0.25) is 0 Å². The van der Waals surface area contributed by atoms with Crippen LogP contribution in [0, 0.1) is 17.5 Å². The fourth-order valence-electron chi connectivity index (χ4n) is 1.52. The zero-order valence-corrected chi connectivity index (χ0v) is 11.5. The Kier molecular flexibility index (Phi) is 4.02. The minimum Gasteiger partial charge on any atom is -0.326 e. The molecule has 1 aromatic carbocycles. The fraction of sp³-hybridized carbons (Fsp3) is 0.0909. The van der Waals surface area contributed by atoms with Crippen LogP contribution in [0.2, 0.25) is 0 Å². The number of benzene rings is 1. The smallest absolute Gasteiger partial charge is 0.263 e. The highest BCUT2D eigenvalue weighted by Crippen LogP contribution is 2.26. The summed E-state index contributed by atoms with van der Waals surface area (Å²) in [5.41, 5.74) is 4.73. The summed E-state index contributed by atoms with van der Waals surface area (Å²) in [4.78, 5) is 0.259. The Morgan fingerprint density at radius 2 is 1.80 bits per heavy atom. The van der Waals surface area contributed by atoms with E-state index in [2.05, 4.69) is 0 Å². The number of sulfonamides is 1. The van der Waals surface area contributed by atoms with Crippen molar-refractivity contribution in [1.29, 1.82) is 0 Å². The van der Waals surface area contributed by atoms with Gasteiger partial charge in [0.05, 0.1) is 5.69 Å². The van der Waals surface area contributed by atoms with E-state index < -0.39 is 33.2 Å². The largest absolute Gasteiger partial charge is 0.326 e. The molecule has 2 rings (SSSR count). The van der Waals surface area contributed by atoms with Gasteiger partial charge in [-0.25, -0.2) is 21.6 Å². The highest BCUT2D eigenvalue weighted by molar-refractivity contribution is 7.93. The number of hydrogen-bond donors (Lipinski definition) is 2. The Balaban J connectivity index is 2.41. The number of thiophene rings is 1. The van der Waals surface area contributed by atoms with Crippen molar-refractivity contribution >= 4 is 27.0 Å². The van der Waals surface area contributed by atoms with Gasteiger partial charge in [-0.2, -0.15) is 0 Å². The summed E-state index contributed by atoms with van der Waals surface area (Å²) in [6.45, 7) is -0.00578. The molecule has 0 aliphatic carbocycles. The van der Waals surface area contributed by atoms with Gasteiger partial charge >= 0.3 is 0 Å². The molecule has 0 spiro atoms. The minimum absolute atomic E-state index is 0.00578. The predicted octanol–water partition coefficient (Wildman–Crippen LogP) is 2.42. The quantitative estimate of drug-likeness (QED) is 0.849. The number of hydrogen-bond acceptors (Lipinski definition) is 4. The van der Waals surface area contributed by atoms with E-state index in [1.807, 2.05) is 4.72 Å². The van der Waals surface area contributed by atoms with Crippen LogP contribution >= 0.6 is 11.3 Å². The summed E-state index contributed by atoms with van der Waals surface area (Å²) < 4.78 is 65.2. The summed E-state index contributed by atoms with van der Waals surface area (Å²) in [6, 6.07) is 2.01. The van der Waals surface area contributed by atoms with Crippen molar-refractivity contribution in [3.63, 3.8) is 0 Å². The molecule has 108 valence electrons. The third-order valence-corrected chi connectivity index (χ3v) is 4.96. The van der Waals surface area contributed by atoms with Crippen molar-refractivity contribution in [3.8, 4) is 0 Å². The number of nitrogens with one attached hydrogen (secondary N) is 1. The van der Waals surface area contributed by atoms with Gasteiger partial charge in [0.15, 0.2) is 11.6 Å². The molecule has 0 saturated carbocycles. The Morgan fingerprint density at radius 3 is 2.45 bits per heavy atom. The molecular formula is C11H9F3N2O2S2. The monoisotopic (exact) mass is 322 g/mol. The lowest BCUT2D eigenvalue weighted by Crippen LogP contribution is -2.16. The standard InChI is InChI=1S/C11H9F3N2O2S2/c12-6-3-8(14)9(4-7(6)13)16-20(17,18)11-1-2-19-10(11)5-15/h1-4,16H,5,15H2. The molecule has 1 aromatic heterocycles. The molecule has 0 atom stereocenters. The molecular weight excluding hydrogens is 313 g/mol. The lowest BCUT2D eigenvalue weighted by molar-refractivity contribution is 0.496. The normalized spacial score (nSPS) is 11.6. The van der Waals surface area contributed by atoms with Gasteiger partial charge in [-0.05, 0) is 11.4 Å². The van der Waals surface area contributed by atoms with Crippen molar-refractivity contribution in [3.05, 3.63) is 45.9 Å². The van der Waals surface area contributed by atoms with E-state index in [1.165, 1.54) is 11.4 Å². The van der Waals surface area contributed by atoms with E-state index in [9.17, 15) is 21.6 Å². The van der Waals surface area contributed by atoms with Crippen LogP contribution in [-0.2, 0) is 16.6 Å².